The molecular formula is C13H13F3N2OS. The Hall–Kier alpha value is -1.21. The van der Waals surface area contributed by atoms with Crippen LogP contribution in [0.5, 0.6) is 0 Å². The van der Waals surface area contributed by atoms with Crippen LogP contribution in [0.3, 0.4) is 0 Å². The molecule has 1 fully saturated rings. The summed E-state index contributed by atoms with van der Waals surface area (Å²) in [4.78, 5) is 4.17. The van der Waals surface area contributed by atoms with Crippen LogP contribution in [0.1, 0.15) is 11.5 Å². The van der Waals surface area contributed by atoms with E-state index in [1.807, 2.05) is 11.8 Å². The predicted molar refractivity (Wildman–Crippen MR) is 71.8 cm³/mol. The van der Waals surface area contributed by atoms with Gasteiger partial charge in [0.15, 0.2) is 11.5 Å². The Balaban J connectivity index is 1.83. The quantitative estimate of drug-likeness (QED) is 0.925. The molecule has 108 valence electrons. The minimum atomic E-state index is -4.35. The Labute approximate surface area is 117 Å². The van der Waals surface area contributed by atoms with E-state index in [2.05, 4.69) is 10.3 Å². The third-order valence-corrected chi connectivity index (χ3v) is 4.31. The maximum absolute atomic E-state index is 12.6. The Morgan fingerprint density at radius 1 is 1.40 bits per heavy atom. The zero-order chi connectivity index (χ0) is 14.2. The van der Waals surface area contributed by atoms with Crippen molar-refractivity contribution in [2.24, 2.45) is 0 Å². The van der Waals surface area contributed by atoms with Crippen molar-refractivity contribution in [3.8, 4) is 0 Å². The van der Waals surface area contributed by atoms with Gasteiger partial charge in [0.1, 0.15) is 5.52 Å². The molecule has 3 rings (SSSR count). The average Bonchev–Trinajstić information content (AvgIpc) is 2.80. The summed E-state index contributed by atoms with van der Waals surface area (Å²) in [7, 11) is 0. The number of hydrogen-bond donors (Lipinski definition) is 1. The molecular weight excluding hydrogens is 289 g/mol. The number of hydrogen-bond acceptors (Lipinski definition) is 4. The van der Waals surface area contributed by atoms with Gasteiger partial charge in [0.05, 0.1) is 5.56 Å². The number of rotatable bonds is 2. The molecule has 1 aromatic heterocycles. The number of halogens is 3. The van der Waals surface area contributed by atoms with E-state index in [1.165, 1.54) is 6.07 Å². The van der Waals surface area contributed by atoms with Gasteiger partial charge >= 0.3 is 6.18 Å². The van der Waals surface area contributed by atoms with Gasteiger partial charge in [0.25, 0.3) is 0 Å². The summed E-state index contributed by atoms with van der Waals surface area (Å²) >= 11 is 1.85. The lowest BCUT2D eigenvalue weighted by Gasteiger charge is -2.21. The molecule has 1 aliphatic heterocycles. The van der Waals surface area contributed by atoms with E-state index >= 15 is 0 Å². The molecule has 3 nitrogen and oxygen atoms in total. The zero-order valence-corrected chi connectivity index (χ0v) is 11.4. The van der Waals surface area contributed by atoms with Crippen LogP contribution in [0.25, 0.3) is 11.1 Å². The Kier molecular flexibility index (Phi) is 3.64. The second-order valence-electron chi connectivity index (χ2n) is 4.72. The van der Waals surface area contributed by atoms with Crippen molar-refractivity contribution < 1.29 is 17.6 Å². The fourth-order valence-corrected chi connectivity index (χ4v) is 3.15. The normalized spacial score (nSPS) is 20.4. The summed E-state index contributed by atoms with van der Waals surface area (Å²) in [5.41, 5.74) is -0.0362. The smallest absolute Gasteiger partial charge is 0.416 e. The topological polar surface area (TPSA) is 38.1 Å². The summed E-state index contributed by atoms with van der Waals surface area (Å²) in [6.07, 6.45) is -3.75. The molecule has 1 aliphatic rings. The third-order valence-electron chi connectivity index (χ3n) is 3.18. The number of nitrogens with one attached hydrogen (secondary N) is 1. The molecule has 0 radical (unpaired) electrons. The van der Waals surface area contributed by atoms with Crippen molar-refractivity contribution >= 4 is 22.9 Å². The molecule has 2 heterocycles. The lowest BCUT2D eigenvalue weighted by atomic mass is 10.2. The summed E-state index contributed by atoms with van der Waals surface area (Å²) in [5.74, 6) is 2.53. The Bertz CT molecular complexity index is 605. The minimum absolute atomic E-state index is 0.262. The molecule has 0 aliphatic carbocycles. The maximum atomic E-state index is 12.6. The molecule has 0 spiro atoms. The highest BCUT2D eigenvalue weighted by Crippen LogP contribution is 2.31. The van der Waals surface area contributed by atoms with Crippen molar-refractivity contribution in [3.05, 3.63) is 29.7 Å². The van der Waals surface area contributed by atoms with Gasteiger partial charge in [0.2, 0.25) is 0 Å². The first kappa shape index (κ1) is 13.8. The molecule has 0 amide bonds. The van der Waals surface area contributed by atoms with E-state index in [4.69, 9.17) is 4.42 Å². The Morgan fingerprint density at radius 3 is 2.95 bits per heavy atom. The fourth-order valence-electron chi connectivity index (χ4n) is 2.20. The van der Waals surface area contributed by atoms with Crippen molar-refractivity contribution in [2.75, 3.05) is 18.1 Å². The number of alkyl halides is 3. The number of nitrogens with zero attached hydrogens (tertiary/aromatic N) is 1. The average molecular weight is 302 g/mol. The lowest BCUT2D eigenvalue weighted by Crippen LogP contribution is -2.38. The largest absolute Gasteiger partial charge is 0.441 e. The van der Waals surface area contributed by atoms with Gasteiger partial charge in [-0.2, -0.15) is 24.9 Å². The Morgan fingerprint density at radius 2 is 2.25 bits per heavy atom. The summed E-state index contributed by atoms with van der Waals surface area (Å²) in [6, 6.07) is 3.65. The molecule has 7 heteroatoms. The summed E-state index contributed by atoms with van der Waals surface area (Å²) in [5, 5.41) is 3.35. The van der Waals surface area contributed by atoms with Gasteiger partial charge in [-0.15, -0.1) is 0 Å². The summed E-state index contributed by atoms with van der Waals surface area (Å²) in [6.45, 7) is 0.938. The fraction of sp³-hybridized carbons (Fsp3) is 0.462. The number of fused-ring (bicyclic) bond motifs is 1. The SMILES string of the molecule is FC(F)(F)c1ccc2oc(CC3CSCCN3)nc2c1. The van der Waals surface area contributed by atoms with Crippen molar-refractivity contribution in [3.63, 3.8) is 0 Å². The highest BCUT2D eigenvalue weighted by atomic mass is 32.2. The molecule has 1 atom stereocenters. The van der Waals surface area contributed by atoms with E-state index in [1.54, 1.807) is 0 Å². The molecule has 0 saturated carbocycles. The third kappa shape index (κ3) is 2.93. The molecule has 1 saturated heterocycles. The highest BCUT2D eigenvalue weighted by Gasteiger charge is 2.31. The molecule has 1 N–H and O–H groups in total. The van der Waals surface area contributed by atoms with E-state index in [9.17, 15) is 13.2 Å². The van der Waals surface area contributed by atoms with Crippen LogP contribution in [0.2, 0.25) is 0 Å². The number of aromatic nitrogens is 1. The molecule has 1 aromatic carbocycles. The lowest BCUT2D eigenvalue weighted by molar-refractivity contribution is -0.137. The number of oxazole rings is 1. The zero-order valence-electron chi connectivity index (χ0n) is 10.5. The molecule has 1 unspecified atom stereocenters. The van der Waals surface area contributed by atoms with Crippen molar-refractivity contribution in [1.29, 1.82) is 0 Å². The van der Waals surface area contributed by atoms with Gasteiger partial charge in [0, 0.05) is 30.5 Å². The summed E-state index contributed by atoms with van der Waals surface area (Å²) < 4.78 is 43.4. The van der Waals surface area contributed by atoms with Gasteiger partial charge in [-0.3, -0.25) is 0 Å². The first-order valence-corrected chi connectivity index (χ1v) is 7.45. The van der Waals surface area contributed by atoms with Gasteiger partial charge < -0.3 is 9.73 Å². The van der Waals surface area contributed by atoms with Gasteiger partial charge in [-0.05, 0) is 18.2 Å². The van der Waals surface area contributed by atoms with E-state index in [-0.39, 0.29) is 11.6 Å². The minimum Gasteiger partial charge on any atom is -0.441 e. The molecule has 20 heavy (non-hydrogen) atoms. The van der Waals surface area contributed by atoms with Crippen LogP contribution in [0.4, 0.5) is 13.2 Å². The number of thioether (sulfide) groups is 1. The molecule has 0 bridgehead atoms. The van der Waals surface area contributed by atoms with E-state index in [0.29, 0.717) is 17.9 Å². The highest BCUT2D eigenvalue weighted by molar-refractivity contribution is 7.99. The van der Waals surface area contributed by atoms with Crippen LogP contribution in [-0.4, -0.2) is 29.1 Å². The first-order valence-electron chi connectivity index (χ1n) is 6.30. The predicted octanol–water partition coefficient (Wildman–Crippen LogP) is 3.09. The van der Waals surface area contributed by atoms with Crippen molar-refractivity contribution in [1.82, 2.24) is 10.3 Å². The van der Waals surface area contributed by atoms with Crippen LogP contribution in [0, 0.1) is 0 Å². The van der Waals surface area contributed by atoms with E-state index < -0.39 is 11.7 Å². The van der Waals surface area contributed by atoms with Crippen molar-refractivity contribution in [2.45, 2.75) is 18.6 Å². The van der Waals surface area contributed by atoms with E-state index in [0.717, 1.165) is 30.2 Å². The van der Waals surface area contributed by atoms with Crippen LogP contribution < -0.4 is 5.32 Å². The first-order chi connectivity index (χ1) is 9.52. The van der Waals surface area contributed by atoms with Gasteiger partial charge in [-0.25, -0.2) is 4.98 Å². The molecule has 2 aromatic rings. The van der Waals surface area contributed by atoms with Crippen LogP contribution >= 0.6 is 11.8 Å². The van der Waals surface area contributed by atoms with Gasteiger partial charge in [-0.1, -0.05) is 0 Å². The number of benzene rings is 1. The van der Waals surface area contributed by atoms with Crippen LogP contribution in [0.15, 0.2) is 22.6 Å². The maximum Gasteiger partial charge on any atom is 0.416 e. The second kappa shape index (κ2) is 5.29. The van der Waals surface area contributed by atoms with Crippen LogP contribution in [-0.2, 0) is 12.6 Å². The monoisotopic (exact) mass is 302 g/mol. The standard InChI is InChI=1S/C13H13F3N2OS/c14-13(15,16)8-1-2-11-10(5-8)18-12(19-11)6-9-7-20-4-3-17-9/h1-2,5,9,17H,3-4,6-7H2. The second-order valence-corrected chi connectivity index (χ2v) is 5.87.